The molecule has 1 unspecified atom stereocenters. The highest BCUT2D eigenvalue weighted by atomic mass is 16.1. The summed E-state index contributed by atoms with van der Waals surface area (Å²) in [5, 5.41) is 3.30. The summed E-state index contributed by atoms with van der Waals surface area (Å²) in [6, 6.07) is 1.68. The maximum absolute atomic E-state index is 12.7. The molecule has 5 nitrogen and oxygen atoms in total. The third-order valence-corrected chi connectivity index (χ3v) is 4.26. The number of nitrogens with zero attached hydrogens (tertiary/aromatic N) is 2. The van der Waals surface area contributed by atoms with E-state index in [0.29, 0.717) is 17.7 Å². The molecular weight excluding hydrogens is 278 g/mol. The topological polar surface area (TPSA) is 72.0 Å². The van der Waals surface area contributed by atoms with Gasteiger partial charge in [-0.25, -0.2) is 14.8 Å². The first-order valence-corrected chi connectivity index (χ1v) is 8.02. The van der Waals surface area contributed by atoms with Gasteiger partial charge in [0.25, 0.3) is 0 Å². The van der Waals surface area contributed by atoms with E-state index in [1.807, 2.05) is 5.94 Å². The van der Waals surface area contributed by atoms with Crippen molar-refractivity contribution in [3.8, 4) is 0 Å². The number of nitrogens with one attached hydrogen (secondary N) is 1. The second kappa shape index (κ2) is 8.57. The van der Waals surface area contributed by atoms with E-state index < -0.39 is 0 Å². The maximum atomic E-state index is 12.7. The van der Waals surface area contributed by atoms with Crippen molar-refractivity contribution in [2.24, 2.45) is 11.8 Å². The zero-order chi connectivity index (χ0) is 15.8. The maximum Gasteiger partial charge on any atom is 0.141 e. The Morgan fingerprint density at radius 2 is 2.23 bits per heavy atom. The number of piperidine rings is 1. The van der Waals surface area contributed by atoms with Crippen LogP contribution in [0.1, 0.15) is 44.7 Å². The Hall–Kier alpha value is -1.84. The van der Waals surface area contributed by atoms with Crippen molar-refractivity contribution in [2.45, 2.75) is 39.0 Å². The van der Waals surface area contributed by atoms with E-state index in [1.54, 1.807) is 12.3 Å². The highest BCUT2D eigenvalue weighted by molar-refractivity contribution is 6.01. The molecule has 5 heteroatoms. The van der Waals surface area contributed by atoms with Gasteiger partial charge in [0.05, 0.1) is 17.2 Å². The first kappa shape index (κ1) is 16.5. The molecule has 1 saturated heterocycles. The van der Waals surface area contributed by atoms with Gasteiger partial charge >= 0.3 is 0 Å². The summed E-state index contributed by atoms with van der Waals surface area (Å²) >= 11 is 0. The van der Waals surface area contributed by atoms with E-state index in [1.165, 1.54) is 6.33 Å². The van der Waals surface area contributed by atoms with Crippen molar-refractivity contribution in [3.63, 3.8) is 0 Å². The van der Waals surface area contributed by atoms with E-state index in [2.05, 4.69) is 22.2 Å². The number of unbranched alkanes of at least 4 members (excludes halogenated alkanes) is 1. The number of allylic oxidation sites excluding steroid dienone is 1. The van der Waals surface area contributed by atoms with E-state index in [-0.39, 0.29) is 17.6 Å². The first-order chi connectivity index (χ1) is 10.8. The summed E-state index contributed by atoms with van der Waals surface area (Å²) in [5.41, 5.74) is 0.925. The lowest BCUT2D eigenvalue weighted by molar-refractivity contribution is -0.122. The zero-order valence-corrected chi connectivity index (χ0v) is 13.0. The molecule has 22 heavy (non-hydrogen) atoms. The fraction of sp³-hybridized carbons (Fsp3) is 0.588. The van der Waals surface area contributed by atoms with Crippen LogP contribution < -0.4 is 5.32 Å². The van der Waals surface area contributed by atoms with Gasteiger partial charge in [0.1, 0.15) is 18.1 Å². The minimum atomic E-state index is -0.388. The molecule has 1 fully saturated rings. The predicted molar refractivity (Wildman–Crippen MR) is 84.7 cm³/mol. The van der Waals surface area contributed by atoms with Crippen molar-refractivity contribution in [1.82, 2.24) is 15.3 Å². The van der Waals surface area contributed by atoms with Gasteiger partial charge in [0, 0.05) is 12.6 Å². The average molecular weight is 301 g/mol. The molecule has 2 rings (SSSR count). The van der Waals surface area contributed by atoms with Crippen LogP contribution in [0.2, 0.25) is 0 Å². The molecule has 0 aromatic carbocycles. The molecule has 0 bridgehead atoms. The number of ketones is 1. The van der Waals surface area contributed by atoms with Crippen molar-refractivity contribution >= 4 is 17.3 Å². The number of hydrogen-bond acceptors (Lipinski definition) is 5. The molecule has 118 valence electrons. The Bertz CT molecular complexity index is 532. The van der Waals surface area contributed by atoms with Crippen LogP contribution in [-0.4, -0.2) is 34.8 Å². The molecule has 1 N–H and O–H groups in total. The van der Waals surface area contributed by atoms with Gasteiger partial charge in [-0.1, -0.05) is 13.3 Å². The lowest BCUT2D eigenvalue weighted by Crippen LogP contribution is -2.35. The van der Waals surface area contributed by atoms with Gasteiger partial charge < -0.3 is 5.32 Å². The number of carbonyl (C=O) groups excluding carboxylic acids is 2. The van der Waals surface area contributed by atoms with Crippen molar-refractivity contribution in [2.75, 3.05) is 13.1 Å². The smallest absolute Gasteiger partial charge is 0.141 e. The number of aromatic nitrogens is 2. The van der Waals surface area contributed by atoms with E-state index in [4.69, 9.17) is 0 Å². The van der Waals surface area contributed by atoms with Gasteiger partial charge in [-0.05, 0) is 44.3 Å². The largest absolute Gasteiger partial charge is 0.317 e. The fourth-order valence-corrected chi connectivity index (χ4v) is 3.07. The summed E-state index contributed by atoms with van der Waals surface area (Å²) in [5.74, 6) is 1.96. The van der Waals surface area contributed by atoms with Crippen LogP contribution in [0.15, 0.2) is 18.6 Å². The number of hydrogen-bond donors (Lipinski definition) is 1. The van der Waals surface area contributed by atoms with Crippen LogP contribution in [0.3, 0.4) is 0 Å². The number of Topliss-reactive ketones (excluding diaryl/α,β-unsaturated/α-hetero) is 1. The third kappa shape index (κ3) is 4.09. The Balaban J connectivity index is 2.29. The molecule has 0 radical (unpaired) electrons. The second-order valence-corrected chi connectivity index (χ2v) is 5.75. The molecule has 1 aliphatic heterocycles. The van der Waals surface area contributed by atoms with Crippen molar-refractivity contribution < 1.29 is 9.59 Å². The van der Waals surface area contributed by atoms with Crippen LogP contribution in [0.25, 0.3) is 5.57 Å². The molecular formula is C17H23N3O2. The molecule has 0 saturated carbocycles. The van der Waals surface area contributed by atoms with Crippen LogP contribution in [-0.2, 0) is 9.59 Å². The molecule has 2 heterocycles. The Morgan fingerprint density at radius 3 is 2.82 bits per heavy atom. The number of carbonyl (C=O) groups is 1. The van der Waals surface area contributed by atoms with Crippen LogP contribution in [0, 0.1) is 11.8 Å². The quantitative estimate of drug-likeness (QED) is 0.781. The highest BCUT2D eigenvalue weighted by Gasteiger charge is 2.33. The molecule has 1 aromatic heterocycles. The number of rotatable bonds is 7. The molecule has 0 spiro atoms. The molecule has 1 aliphatic rings. The summed E-state index contributed by atoms with van der Waals surface area (Å²) in [7, 11) is 0. The van der Waals surface area contributed by atoms with Gasteiger partial charge in [0.2, 0.25) is 0 Å². The van der Waals surface area contributed by atoms with Gasteiger partial charge in [-0.2, -0.15) is 0 Å². The van der Waals surface area contributed by atoms with E-state index in [9.17, 15) is 9.59 Å². The summed E-state index contributed by atoms with van der Waals surface area (Å²) in [6.45, 7) is 3.84. The second-order valence-electron chi connectivity index (χ2n) is 5.75. The Labute approximate surface area is 131 Å². The minimum Gasteiger partial charge on any atom is -0.317 e. The fourth-order valence-electron chi connectivity index (χ4n) is 3.07. The minimum absolute atomic E-state index is 0.144. The Morgan fingerprint density at radius 1 is 1.45 bits per heavy atom. The Kier molecular flexibility index (Phi) is 6.44. The third-order valence-electron chi connectivity index (χ3n) is 4.26. The first-order valence-electron chi connectivity index (χ1n) is 8.02. The summed E-state index contributed by atoms with van der Waals surface area (Å²) in [6.07, 6.45) is 7.14. The van der Waals surface area contributed by atoms with Crippen molar-refractivity contribution in [1.29, 1.82) is 0 Å². The monoisotopic (exact) mass is 301 g/mol. The van der Waals surface area contributed by atoms with Crippen LogP contribution in [0.4, 0.5) is 0 Å². The highest BCUT2D eigenvalue weighted by Crippen LogP contribution is 2.33. The molecule has 0 amide bonds. The predicted octanol–water partition coefficient (Wildman–Crippen LogP) is 2.07. The standard InChI is InChI=1S/C17H23N3O2/c1-2-3-4-16(22)17(13-5-8-18-9-6-13)14(11-21)15-7-10-19-12-20-15/h7,10,12-13,17-18H,2-6,8-9H2,1H3. The van der Waals surface area contributed by atoms with Crippen LogP contribution in [0.5, 0.6) is 0 Å². The SMILES string of the molecule is CCCCC(=O)C(C(=C=O)c1ccncn1)C1CCNCC1. The van der Waals surface area contributed by atoms with E-state index in [0.717, 1.165) is 38.8 Å². The van der Waals surface area contributed by atoms with Gasteiger partial charge in [-0.3, -0.25) is 4.79 Å². The van der Waals surface area contributed by atoms with Gasteiger partial charge in [0.15, 0.2) is 0 Å². The summed E-state index contributed by atoms with van der Waals surface area (Å²) in [4.78, 5) is 32.3. The average Bonchev–Trinajstić information content (AvgIpc) is 2.59. The van der Waals surface area contributed by atoms with E-state index >= 15 is 0 Å². The zero-order valence-electron chi connectivity index (χ0n) is 13.0. The normalized spacial score (nSPS) is 16.8. The van der Waals surface area contributed by atoms with Crippen LogP contribution >= 0.6 is 0 Å². The molecule has 0 aliphatic carbocycles. The van der Waals surface area contributed by atoms with Gasteiger partial charge in [-0.15, -0.1) is 0 Å². The summed E-state index contributed by atoms with van der Waals surface area (Å²) < 4.78 is 0. The molecule has 1 atom stereocenters. The van der Waals surface area contributed by atoms with Crippen molar-refractivity contribution in [3.05, 3.63) is 24.3 Å². The lowest BCUT2D eigenvalue weighted by Gasteiger charge is -2.30. The lowest BCUT2D eigenvalue weighted by atomic mass is 9.76. The molecule has 1 aromatic rings.